The molecular weight excluding hydrogens is 511 g/mol. The topological polar surface area (TPSA) is 127 Å². The molecule has 0 bridgehead atoms. The van der Waals surface area contributed by atoms with Gasteiger partial charge < -0.3 is 5.11 Å². The van der Waals surface area contributed by atoms with Crippen LogP contribution >= 0.6 is 0 Å². The Labute approximate surface area is 201 Å². The number of carboxylic acid groups (broad SMARTS) is 1. The molecule has 194 valence electrons. The number of sulfonamides is 1. The van der Waals surface area contributed by atoms with E-state index in [9.17, 15) is 34.8 Å². The van der Waals surface area contributed by atoms with Gasteiger partial charge >= 0.3 is 12.1 Å². The summed E-state index contributed by atoms with van der Waals surface area (Å²) in [7, 11) is -7.44. The molecule has 0 spiro atoms. The second-order valence-corrected chi connectivity index (χ2v) is 12.5. The van der Waals surface area contributed by atoms with Gasteiger partial charge in [0.2, 0.25) is 10.0 Å². The Morgan fingerprint density at radius 1 is 1.20 bits per heavy atom. The van der Waals surface area contributed by atoms with Crippen molar-refractivity contribution in [3.05, 3.63) is 41.2 Å². The second-order valence-electron chi connectivity index (χ2n) is 8.35. The Bertz CT molecular complexity index is 1320. The summed E-state index contributed by atoms with van der Waals surface area (Å²) in [6.45, 7) is 1.65. The van der Waals surface area contributed by atoms with Gasteiger partial charge in [0.15, 0.2) is 9.84 Å². The van der Waals surface area contributed by atoms with Gasteiger partial charge in [-0.3, -0.25) is 9.48 Å². The third kappa shape index (κ3) is 5.70. The van der Waals surface area contributed by atoms with Gasteiger partial charge in [0.25, 0.3) is 0 Å². The first-order valence-corrected chi connectivity index (χ1v) is 14.0. The summed E-state index contributed by atoms with van der Waals surface area (Å²) in [5.41, 5.74) is -0.161. The number of fused-ring (bicyclic) bond motifs is 1. The number of alkyl halides is 3. The number of aryl methyl sites for hydroxylation is 1. The van der Waals surface area contributed by atoms with Gasteiger partial charge in [-0.25, -0.2) is 16.8 Å². The van der Waals surface area contributed by atoms with Crippen LogP contribution in [0.1, 0.15) is 55.5 Å². The van der Waals surface area contributed by atoms with Gasteiger partial charge in [0.1, 0.15) is 0 Å². The number of nitrogens with zero attached hydrogens (tertiary/aromatic N) is 3. The van der Waals surface area contributed by atoms with Gasteiger partial charge in [-0.05, 0) is 43.9 Å². The fourth-order valence-electron chi connectivity index (χ4n) is 4.15. The predicted octanol–water partition coefficient (Wildman–Crippen LogP) is 3.26. The minimum Gasteiger partial charge on any atom is -0.481 e. The van der Waals surface area contributed by atoms with Gasteiger partial charge in [0, 0.05) is 18.3 Å². The van der Waals surface area contributed by atoms with E-state index in [0.29, 0.717) is 42.7 Å². The van der Waals surface area contributed by atoms with Crippen molar-refractivity contribution in [3.8, 4) is 0 Å². The number of carbonyl (C=O) groups is 1. The molecule has 0 saturated heterocycles. The van der Waals surface area contributed by atoms with Crippen molar-refractivity contribution in [3.63, 3.8) is 0 Å². The number of hydrogen-bond acceptors (Lipinski definition) is 6. The van der Waals surface area contributed by atoms with E-state index in [0.717, 1.165) is 10.4 Å². The molecule has 2 aromatic rings. The fourth-order valence-corrected chi connectivity index (χ4v) is 7.05. The number of sulfone groups is 1. The largest absolute Gasteiger partial charge is 0.481 e. The van der Waals surface area contributed by atoms with Crippen LogP contribution in [0.15, 0.2) is 34.2 Å². The van der Waals surface area contributed by atoms with Crippen molar-refractivity contribution < 1.29 is 39.9 Å². The van der Waals surface area contributed by atoms with Crippen LogP contribution in [0.2, 0.25) is 0 Å². The Morgan fingerprint density at radius 3 is 2.46 bits per heavy atom. The van der Waals surface area contributed by atoms with Crippen molar-refractivity contribution in [2.24, 2.45) is 0 Å². The molecular formula is C21H26F3N3O6S2. The lowest BCUT2D eigenvalue weighted by Gasteiger charge is -2.31. The van der Waals surface area contributed by atoms with Gasteiger partial charge in [-0.2, -0.15) is 22.6 Å². The number of halogens is 3. The van der Waals surface area contributed by atoms with E-state index in [4.69, 9.17) is 5.11 Å². The summed E-state index contributed by atoms with van der Waals surface area (Å²) in [6, 6.07) is 0.908. The fraction of sp³-hybridized carbons (Fsp3) is 0.524. The summed E-state index contributed by atoms with van der Waals surface area (Å²) in [5, 5.41) is 13.1. The SMILES string of the molecule is CCCS(=O)(=O)c1cc(C(F)(F)F)cc(S(=O)(=O)N(C)[C@@H]2CCCc3c2cnn3CCC(=O)O)c1. The zero-order chi connectivity index (χ0) is 26.2. The third-order valence-corrected chi connectivity index (χ3v) is 9.67. The van der Waals surface area contributed by atoms with Crippen molar-refractivity contribution in [1.82, 2.24) is 14.1 Å². The monoisotopic (exact) mass is 537 g/mol. The minimum atomic E-state index is -4.95. The highest BCUT2D eigenvalue weighted by molar-refractivity contribution is 7.91. The lowest BCUT2D eigenvalue weighted by atomic mass is 9.93. The van der Waals surface area contributed by atoms with Crippen LogP contribution in [0.5, 0.6) is 0 Å². The summed E-state index contributed by atoms with van der Waals surface area (Å²) in [4.78, 5) is 9.44. The molecule has 3 rings (SSSR count). The molecule has 0 fully saturated rings. The summed E-state index contributed by atoms with van der Waals surface area (Å²) in [5.74, 6) is -1.44. The van der Waals surface area contributed by atoms with Crippen molar-refractivity contribution in [1.29, 1.82) is 0 Å². The average Bonchev–Trinajstić information content (AvgIpc) is 3.19. The molecule has 1 heterocycles. The van der Waals surface area contributed by atoms with Crippen LogP contribution in [0.4, 0.5) is 13.2 Å². The summed E-state index contributed by atoms with van der Waals surface area (Å²) >= 11 is 0. The Balaban J connectivity index is 2.05. The highest BCUT2D eigenvalue weighted by Crippen LogP contribution is 2.38. The second kappa shape index (κ2) is 9.90. The maximum Gasteiger partial charge on any atom is 0.416 e. The average molecular weight is 538 g/mol. The van der Waals surface area contributed by atoms with E-state index in [1.807, 2.05) is 0 Å². The quantitative estimate of drug-likeness (QED) is 0.520. The van der Waals surface area contributed by atoms with Crippen LogP contribution in [0.3, 0.4) is 0 Å². The number of benzene rings is 1. The molecule has 0 aliphatic heterocycles. The van der Waals surface area contributed by atoms with Gasteiger partial charge in [-0.15, -0.1) is 0 Å². The van der Waals surface area contributed by atoms with E-state index in [1.165, 1.54) is 17.9 Å². The number of hydrogen-bond donors (Lipinski definition) is 1. The van der Waals surface area contributed by atoms with Crippen molar-refractivity contribution in [2.75, 3.05) is 12.8 Å². The first-order valence-electron chi connectivity index (χ1n) is 10.9. The molecule has 1 N–H and O–H groups in total. The Kier molecular flexibility index (Phi) is 7.67. The highest BCUT2D eigenvalue weighted by atomic mass is 32.2. The molecule has 1 aromatic heterocycles. The molecule has 0 unspecified atom stereocenters. The standard InChI is InChI=1S/C21H26F3N3O6S2/c1-3-9-34(30,31)15-10-14(21(22,23)24)11-16(12-15)35(32,33)26(2)18-5-4-6-19-17(18)13-25-27(19)8-7-20(28)29/h10-13,18H,3-9H2,1-2H3,(H,28,29)/t18-/m1/s1. The lowest BCUT2D eigenvalue weighted by Crippen LogP contribution is -2.33. The number of rotatable bonds is 9. The van der Waals surface area contributed by atoms with Crippen LogP contribution in [0, 0.1) is 0 Å². The van der Waals surface area contributed by atoms with Crippen LogP contribution in [-0.4, -0.2) is 54.8 Å². The van der Waals surface area contributed by atoms with E-state index in [-0.39, 0.29) is 19.4 Å². The number of carboxylic acids is 1. The third-order valence-electron chi connectivity index (χ3n) is 5.92. The van der Waals surface area contributed by atoms with Crippen molar-refractivity contribution >= 4 is 25.8 Å². The van der Waals surface area contributed by atoms with E-state index >= 15 is 0 Å². The first kappa shape index (κ1) is 27.1. The molecule has 1 aliphatic carbocycles. The predicted molar refractivity (Wildman–Crippen MR) is 119 cm³/mol. The van der Waals surface area contributed by atoms with E-state index < -0.39 is 59.2 Å². The van der Waals surface area contributed by atoms with E-state index in [1.54, 1.807) is 6.92 Å². The zero-order valence-electron chi connectivity index (χ0n) is 19.1. The zero-order valence-corrected chi connectivity index (χ0v) is 20.7. The molecule has 1 atom stereocenters. The highest BCUT2D eigenvalue weighted by Gasteiger charge is 2.38. The molecule has 0 amide bonds. The van der Waals surface area contributed by atoms with Gasteiger partial charge in [0.05, 0.1) is 46.3 Å². The molecule has 0 saturated carbocycles. The van der Waals surface area contributed by atoms with Crippen LogP contribution < -0.4 is 0 Å². The lowest BCUT2D eigenvalue weighted by molar-refractivity contribution is -0.138. The minimum absolute atomic E-state index is 0.0973. The van der Waals surface area contributed by atoms with Crippen LogP contribution in [0.25, 0.3) is 0 Å². The molecule has 1 aliphatic rings. The maximum absolute atomic E-state index is 13.5. The number of aromatic nitrogens is 2. The molecule has 35 heavy (non-hydrogen) atoms. The van der Waals surface area contributed by atoms with Gasteiger partial charge in [-0.1, -0.05) is 6.92 Å². The molecule has 9 nitrogen and oxygen atoms in total. The Morgan fingerprint density at radius 2 is 1.86 bits per heavy atom. The molecule has 14 heteroatoms. The number of aliphatic carboxylic acids is 1. The maximum atomic E-state index is 13.5. The first-order chi connectivity index (χ1) is 16.2. The Hall–Kier alpha value is -2.45. The van der Waals surface area contributed by atoms with Crippen molar-refractivity contribution in [2.45, 2.75) is 67.6 Å². The van der Waals surface area contributed by atoms with Crippen LogP contribution in [-0.2, 0) is 43.8 Å². The van der Waals surface area contributed by atoms with E-state index in [2.05, 4.69) is 5.10 Å². The molecule has 1 aromatic carbocycles. The summed E-state index contributed by atoms with van der Waals surface area (Å²) < 4.78 is 94.9. The summed E-state index contributed by atoms with van der Waals surface area (Å²) in [6.07, 6.45) is -2.08. The smallest absolute Gasteiger partial charge is 0.416 e. The molecule has 0 radical (unpaired) electrons. The normalized spacial score (nSPS) is 16.9.